The van der Waals surface area contributed by atoms with Gasteiger partial charge >= 0.3 is 0 Å². The van der Waals surface area contributed by atoms with Crippen molar-refractivity contribution < 1.29 is 9.59 Å². The van der Waals surface area contributed by atoms with Crippen molar-refractivity contribution in [1.29, 1.82) is 0 Å². The number of imidazole rings is 1. The van der Waals surface area contributed by atoms with Gasteiger partial charge in [0.05, 0.1) is 18.3 Å². The first-order valence-electron chi connectivity index (χ1n) is 12.7. The van der Waals surface area contributed by atoms with Gasteiger partial charge in [-0.3, -0.25) is 14.5 Å². The highest BCUT2D eigenvalue weighted by molar-refractivity contribution is 7.12. The van der Waals surface area contributed by atoms with E-state index in [1.807, 2.05) is 4.90 Å². The molecule has 2 fully saturated rings. The summed E-state index contributed by atoms with van der Waals surface area (Å²) in [6.07, 6.45) is 6.72. The molecule has 184 valence electrons. The molecule has 0 radical (unpaired) electrons. The number of hydrogen-bond acceptors (Lipinski definition) is 5. The summed E-state index contributed by atoms with van der Waals surface area (Å²) in [5.74, 6) is 1.29. The van der Waals surface area contributed by atoms with E-state index in [-0.39, 0.29) is 17.9 Å². The van der Waals surface area contributed by atoms with E-state index in [0.29, 0.717) is 24.7 Å². The van der Waals surface area contributed by atoms with Crippen LogP contribution in [-0.4, -0.2) is 56.3 Å². The summed E-state index contributed by atoms with van der Waals surface area (Å²) in [5.41, 5.74) is 2.45. The molecule has 0 saturated carbocycles. The number of amides is 2. The third-order valence-electron chi connectivity index (χ3n) is 8.06. The van der Waals surface area contributed by atoms with Crippen molar-refractivity contribution in [2.75, 3.05) is 13.1 Å². The highest BCUT2D eigenvalue weighted by Gasteiger charge is 2.42. The van der Waals surface area contributed by atoms with Crippen LogP contribution in [0.25, 0.3) is 0 Å². The van der Waals surface area contributed by atoms with Crippen molar-refractivity contribution in [3.05, 3.63) is 39.1 Å². The number of nitrogens with one attached hydrogen (secondary N) is 1. The van der Waals surface area contributed by atoms with Crippen LogP contribution in [0.3, 0.4) is 0 Å². The van der Waals surface area contributed by atoms with Crippen molar-refractivity contribution in [2.24, 2.45) is 0 Å². The molecule has 3 aliphatic heterocycles. The SMILES string of the molecule is CC(=O)N[C@@H](CCN1[C@@H]2CC[C@H]1C[C@@H](n1c(C)nc3c1CCN(C(C)=O)C3)C2)c1ccc(C)s1. The predicted octanol–water partition coefficient (Wildman–Crippen LogP) is 3.90. The molecule has 2 bridgehead atoms. The van der Waals surface area contributed by atoms with Crippen LogP contribution >= 0.6 is 11.3 Å². The average molecular weight is 484 g/mol. The number of carbonyl (C=O) groups is 2. The zero-order chi connectivity index (χ0) is 24.0. The molecule has 8 heteroatoms. The van der Waals surface area contributed by atoms with Crippen molar-refractivity contribution in [3.63, 3.8) is 0 Å². The van der Waals surface area contributed by atoms with E-state index in [9.17, 15) is 9.59 Å². The quantitative estimate of drug-likeness (QED) is 0.677. The average Bonchev–Trinajstić information content (AvgIpc) is 3.42. The summed E-state index contributed by atoms with van der Waals surface area (Å²) in [6, 6.07) is 6.11. The van der Waals surface area contributed by atoms with E-state index in [4.69, 9.17) is 4.98 Å². The number of fused-ring (bicyclic) bond motifs is 3. The van der Waals surface area contributed by atoms with Gasteiger partial charge < -0.3 is 14.8 Å². The Kier molecular flexibility index (Phi) is 6.55. The molecule has 0 unspecified atom stereocenters. The van der Waals surface area contributed by atoms with Gasteiger partial charge in [-0.05, 0) is 58.1 Å². The minimum absolute atomic E-state index is 0.0430. The maximum Gasteiger partial charge on any atom is 0.219 e. The molecule has 2 aromatic rings. The van der Waals surface area contributed by atoms with Crippen LogP contribution in [0, 0.1) is 13.8 Å². The third-order valence-corrected chi connectivity index (χ3v) is 9.17. The fourth-order valence-corrected chi connectivity index (χ4v) is 7.53. The van der Waals surface area contributed by atoms with Gasteiger partial charge in [-0.1, -0.05) is 0 Å². The van der Waals surface area contributed by atoms with Gasteiger partial charge in [0.15, 0.2) is 0 Å². The van der Waals surface area contributed by atoms with Gasteiger partial charge in [0.2, 0.25) is 11.8 Å². The van der Waals surface area contributed by atoms with E-state index >= 15 is 0 Å². The topological polar surface area (TPSA) is 70.5 Å². The van der Waals surface area contributed by atoms with E-state index in [1.165, 1.54) is 41.1 Å². The smallest absolute Gasteiger partial charge is 0.219 e. The third kappa shape index (κ3) is 4.54. The first kappa shape index (κ1) is 23.5. The molecular formula is C26H37N5O2S. The van der Waals surface area contributed by atoms with E-state index in [2.05, 4.69) is 40.8 Å². The lowest BCUT2D eigenvalue weighted by Crippen LogP contribution is -2.45. The molecule has 2 saturated heterocycles. The van der Waals surface area contributed by atoms with Crippen molar-refractivity contribution in [3.8, 4) is 0 Å². The number of aryl methyl sites for hydroxylation is 2. The highest BCUT2D eigenvalue weighted by Crippen LogP contribution is 2.43. The highest BCUT2D eigenvalue weighted by atomic mass is 32.1. The number of rotatable bonds is 6. The summed E-state index contributed by atoms with van der Waals surface area (Å²) in [6.45, 7) is 10.00. The van der Waals surface area contributed by atoms with Crippen LogP contribution in [0.5, 0.6) is 0 Å². The molecule has 0 aliphatic carbocycles. The van der Waals surface area contributed by atoms with Crippen LogP contribution in [0.1, 0.15) is 85.0 Å². The van der Waals surface area contributed by atoms with Gasteiger partial charge in [-0.25, -0.2) is 4.98 Å². The number of piperidine rings is 1. The molecule has 0 spiro atoms. The summed E-state index contributed by atoms with van der Waals surface area (Å²) in [5, 5.41) is 3.19. The molecule has 5 rings (SSSR count). The second-order valence-corrected chi connectivity index (χ2v) is 11.7. The molecule has 5 heterocycles. The maximum absolute atomic E-state index is 11.9. The number of nitrogens with zero attached hydrogens (tertiary/aromatic N) is 4. The summed E-state index contributed by atoms with van der Waals surface area (Å²) < 4.78 is 2.52. The largest absolute Gasteiger partial charge is 0.349 e. The van der Waals surface area contributed by atoms with E-state index < -0.39 is 0 Å². The van der Waals surface area contributed by atoms with Crippen molar-refractivity contribution >= 4 is 23.2 Å². The Morgan fingerprint density at radius 3 is 2.50 bits per heavy atom. The molecule has 2 amide bonds. The van der Waals surface area contributed by atoms with Gasteiger partial charge in [-0.2, -0.15) is 0 Å². The minimum atomic E-state index is 0.0430. The Hall–Kier alpha value is -2.19. The molecule has 0 aromatic carbocycles. The second kappa shape index (κ2) is 9.46. The maximum atomic E-state index is 11.9. The monoisotopic (exact) mass is 483 g/mol. The van der Waals surface area contributed by atoms with Crippen molar-refractivity contribution in [2.45, 2.75) is 96.9 Å². The zero-order valence-corrected chi connectivity index (χ0v) is 21.7. The fourth-order valence-electron chi connectivity index (χ4n) is 6.56. The lowest BCUT2D eigenvalue weighted by atomic mass is 9.95. The van der Waals surface area contributed by atoms with Crippen LogP contribution in [0.2, 0.25) is 0 Å². The zero-order valence-electron chi connectivity index (χ0n) is 20.8. The fraction of sp³-hybridized carbons (Fsp3) is 0.654. The van der Waals surface area contributed by atoms with E-state index in [0.717, 1.165) is 37.4 Å². The lowest BCUT2D eigenvalue weighted by Gasteiger charge is -2.41. The first-order chi connectivity index (χ1) is 16.3. The Balaban J connectivity index is 1.27. The number of thiophene rings is 1. The molecular weight excluding hydrogens is 446 g/mol. The Labute approximate surface area is 206 Å². The number of hydrogen-bond donors (Lipinski definition) is 1. The number of aromatic nitrogens is 2. The molecule has 34 heavy (non-hydrogen) atoms. The van der Waals surface area contributed by atoms with Gasteiger partial charge in [0, 0.05) is 66.9 Å². The van der Waals surface area contributed by atoms with Crippen molar-refractivity contribution in [1.82, 2.24) is 24.7 Å². The molecule has 1 N–H and O–H groups in total. The lowest BCUT2D eigenvalue weighted by molar-refractivity contribution is -0.129. The Bertz CT molecular complexity index is 1060. The molecule has 4 atom stereocenters. The minimum Gasteiger partial charge on any atom is -0.349 e. The molecule has 7 nitrogen and oxygen atoms in total. The predicted molar refractivity (Wildman–Crippen MR) is 134 cm³/mol. The van der Waals surface area contributed by atoms with Gasteiger partial charge in [0.25, 0.3) is 0 Å². The van der Waals surface area contributed by atoms with Crippen LogP contribution in [0.4, 0.5) is 0 Å². The normalized spacial score (nSPS) is 25.3. The summed E-state index contributed by atoms with van der Waals surface area (Å²) in [4.78, 5) is 35.8. The van der Waals surface area contributed by atoms with Gasteiger partial charge in [-0.15, -0.1) is 11.3 Å². The standard InChI is InChI=1S/C26H37N5O2S/c1-16-5-8-26(34-16)23(28-18(3)32)9-12-30-20-6-7-21(30)14-22(13-20)31-17(2)27-24-15-29(19(4)33)11-10-25(24)31/h5,8,20-23H,6-7,9-15H2,1-4H3,(H,28,32)/t20-,21+,22+,23-/m0/s1. The molecule has 3 aliphatic rings. The number of carbonyl (C=O) groups excluding carboxylic acids is 2. The Morgan fingerprint density at radius 2 is 1.88 bits per heavy atom. The summed E-state index contributed by atoms with van der Waals surface area (Å²) in [7, 11) is 0. The second-order valence-electron chi connectivity index (χ2n) is 10.4. The van der Waals surface area contributed by atoms with Gasteiger partial charge in [0.1, 0.15) is 5.82 Å². The van der Waals surface area contributed by atoms with Crippen LogP contribution in [0.15, 0.2) is 12.1 Å². The van der Waals surface area contributed by atoms with Crippen LogP contribution in [-0.2, 0) is 22.6 Å². The molecule has 2 aromatic heterocycles. The first-order valence-corrected chi connectivity index (χ1v) is 13.5. The van der Waals surface area contributed by atoms with E-state index in [1.54, 1.807) is 25.2 Å². The summed E-state index contributed by atoms with van der Waals surface area (Å²) >= 11 is 1.79. The Morgan fingerprint density at radius 1 is 1.15 bits per heavy atom. The van der Waals surface area contributed by atoms with Crippen LogP contribution < -0.4 is 5.32 Å².